The summed E-state index contributed by atoms with van der Waals surface area (Å²) in [6, 6.07) is 2.65. The molecule has 0 spiro atoms. The topological polar surface area (TPSA) is 41.6 Å². The van der Waals surface area contributed by atoms with E-state index < -0.39 is 49.6 Å². The predicted molar refractivity (Wildman–Crippen MR) is 87.9 cm³/mol. The molecule has 0 unspecified atom stereocenters. The Balaban J connectivity index is 2.66. The number of nitrogens with zero attached hydrogens (tertiary/aromatic N) is 3. The Morgan fingerprint density at radius 2 is 1.64 bits per heavy atom. The molecule has 0 aliphatic rings. The number of thioether (sulfide) groups is 1. The molecule has 2 aromatic rings. The Kier molecular flexibility index (Phi) is 5.77. The molecule has 0 fully saturated rings. The van der Waals surface area contributed by atoms with Crippen LogP contribution in [0.2, 0.25) is 10.0 Å². The largest absolute Gasteiger partial charge is 0.446 e. The fourth-order valence-corrected chi connectivity index (χ4v) is 3.91. The van der Waals surface area contributed by atoms with E-state index in [9.17, 15) is 26.3 Å². The zero-order valence-corrected chi connectivity index (χ0v) is 15.8. The minimum Gasteiger partial charge on any atom is -0.222 e. The number of alkyl halides is 6. The number of nitriles is 1. The second kappa shape index (κ2) is 7.05. The van der Waals surface area contributed by atoms with Crippen LogP contribution in [-0.2, 0) is 6.18 Å². The zero-order valence-electron chi connectivity index (χ0n) is 11.3. The van der Waals surface area contributed by atoms with Crippen LogP contribution in [0.5, 0.6) is 0 Å². The van der Waals surface area contributed by atoms with Crippen LogP contribution in [0.3, 0.4) is 0 Å². The van der Waals surface area contributed by atoms with Crippen LogP contribution >= 0.6 is 57.6 Å². The van der Waals surface area contributed by atoms with Gasteiger partial charge in [0.2, 0.25) is 0 Å². The van der Waals surface area contributed by atoms with Gasteiger partial charge in [-0.1, -0.05) is 23.2 Å². The van der Waals surface area contributed by atoms with Gasteiger partial charge in [0.1, 0.15) is 15.5 Å². The predicted octanol–water partition coefficient (Wildman–Crippen LogP) is 6.29. The van der Waals surface area contributed by atoms with Crippen LogP contribution in [0.1, 0.15) is 11.3 Å². The monoisotopic (exact) mass is 531 g/mol. The Labute approximate surface area is 164 Å². The lowest BCUT2D eigenvalue weighted by Gasteiger charge is -2.13. The van der Waals surface area contributed by atoms with Crippen molar-refractivity contribution in [1.82, 2.24) is 9.78 Å². The molecule has 3 nitrogen and oxygen atoms in total. The molecule has 2 rings (SSSR count). The molecule has 0 atom stereocenters. The van der Waals surface area contributed by atoms with Crippen molar-refractivity contribution in [3.63, 3.8) is 0 Å². The quantitative estimate of drug-likeness (QED) is 0.260. The molecule has 0 aliphatic heterocycles. The van der Waals surface area contributed by atoms with Crippen molar-refractivity contribution in [2.45, 2.75) is 16.6 Å². The Morgan fingerprint density at radius 3 is 2.04 bits per heavy atom. The van der Waals surface area contributed by atoms with Gasteiger partial charge in [0.05, 0.1) is 20.5 Å². The smallest absolute Gasteiger partial charge is 0.222 e. The lowest BCUT2D eigenvalue weighted by atomic mass is 10.2. The number of aromatic nitrogens is 2. The van der Waals surface area contributed by atoms with Crippen LogP contribution in [0.15, 0.2) is 17.0 Å². The molecular formula is C12H2Cl2F6IN3S. The van der Waals surface area contributed by atoms with Crippen LogP contribution in [0.25, 0.3) is 5.69 Å². The van der Waals surface area contributed by atoms with Gasteiger partial charge >= 0.3 is 11.7 Å². The Bertz CT molecular complexity index is 848. The van der Waals surface area contributed by atoms with E-state index in [2.05, 4.69) is 5.10 Å². The van der Waals surface area contributed by atoms with Gasteiger partial charge in [-0.3, -0.25) is 0 Å². The maximum absolute atomic E-state index is 12.8. The van der Waals surface area contributed by atoms with Crippen molar-refractivity contribution >= 4 is 57.6 Å². The van der Waals surface area contributed by atoms with E-state index in [0.717, 1.165) is 4.68 Å². The molecule has 0 bridgehead atoms. The van der Waals surface area contributed by atoms with E-state index in [1.54, 1.807) is 0 Å². The summed E-state index contributed by atoms with van der Waals surface area (Å²) in [7, 11) is 0. The molecule has 0 N–H and O–H groups in total. The van der Waals surface area contributed by atoms with E-state index in [4.69, 9.17) is 28.5 Å². The number of hydrogen-bond donors (Lipinski definition) is 0. The Hall–Kier alpha value is -0.840. The molecule has 13 heteroatoms. The fourth-order valence-electron chi connectivity index (χ4n) is 1.74. The first-order valence-corrected chi connectivity index (χ1v) is 8.51. The summed E-state index contributed by atoms with van der Waals surface area (Å²) < 4.78 is 76.8. The third-order valence-corrected chi connectivity index (χ3v) is 5.43. The molecule has 0 amide bonds. The maximum atomic E-state index is 12.8. The van der Waals surface area contributed by atoms with Crippen LogP contribution in [-0.4, -0.2) is 15.3 Å². The van der Waals surface area contributed by atoms with Gasteiger partial charge < -0.3 is 0 Å². The molecule has 0 radical (unpaired) electrons. The third-order valence-electron chi connectivity index (χ3n) is 2.67. The standard InChI is InChI=1S/C12H2Cl2F6IN3S/c13-5-1-4(11(15,16)17)2-6(14)8(5)24-10(21)9(7(3-22)23-24)25-12(18,19)20/h1-2H. The average molecular weight is 532 g/mol. The molecule has 0 aliphatic carbocycles. The second-order valence-electron chi connectivity index (χ2n) is 4.33. The summed E-state index contributed by atoms with van der Waals surface area (Å²) in [4.78, 5) is -0.498. The van der Waals surface area contributed by atoms with E-state index >= 15 is 0 Å². The van der Waals surface area contributed by atoms with Gasteiger partial charge in [-0.2, -0.15) is 36.7 Å². The molecule has 25 heavy (non-hydrogen) atoms. The van der Waals surface area contributed by atoms with E-state index in [1.807, 2.05) is 0 Å². The summed E-state index contributed by atoms with van der Waals surface area (Å²) in [6.07, 6.45) is -4.71. The number of hydrogen-bond acceptors (Lipinski definition) is 3. The van der Waals surface area contributed by atoms with Gasteiger partial charge in [-0.15, -0.1) is 0 Å². The summed E-state index contributed by atoms with van der Waals surface area (Å²) in [5.74, 6) is 0. The highest BCUT2D eigenvalue weighted by molar-refractivity contribution is 14.1. The first kappa shape index (κ1) is 20.5. The minimum atomic E-state index is -4.71. The fraction of sp³-hybridized carbons (Fsp3) is 0.167. The highest BCUT2D eigenvalue weighted by Crippen LogP contribution is 2.43. The molecule has 134 valence electrons. The summed E-state index contributed by atoms with van der Waals surface area (Å²) in [6.45, 7) is 0. The molecule has 1 aromatic heterocycles. The SMILES string of the molecule is N#Cc1nn(-c2c(Cl)cc(C(F)(F)F)cc2Cl)c(I)c1SC(F)(F)F. The lowest BCUT2D eigenvalue weighted by Crippen LogP contribution is -2.08. The highest BCUT2D eigenvalue weighted by Gasteiger charge is 2.36. The van der Waals surface area contributed by atoms with Gasteiger partial charge in [-0.25, -0.2) is 4.68 Å². The lowest BCUT2D eigenvalue weighted by molar-refractivity contribution is -0.137. The van der Waals surface area contributed by atoms with E-state index in [-0.39, 0.29) is 9.39 Å². The van der Waals surface area contributed by atoms with Crippen molar-refractivity contribution in [2.24, 2.45) is 0 Å². The minimum absolute atomic E-state index is 0.167. The third kappa shape index (κ3) is 4.47. The first-order valence-electron chi connectivity index (χ1n) is 5.86. The van der Waals surface area contributed by atoms with Crippen LogP contribution < -0.4 is 0 Å². The van der Waals surface area contributed by atoms with Gasteiger partial charge in [0.15, 0.2) is 5.69 Å². The number of halogens is 9. The maximum Gasteiger partial charge on any atom is 0.446 e. The number of benzene rings is 1. The van der Waals surface area contributed by atoms with Crippen molar-refractivity contribution in [3.8, 4) is 11.8 Å². The summed E-state index contributed by atoms with van der Waals surface area (Å²) in [5, 5.41) is 11.7. The summed E-state index contributed by atoms with van der Waals surface area (Å²) in [5.41, 5.74) is -6.63. The van der Waals surface area contributed by atoms with Crippen LogP contribution in [0.4, 0.5) is 26.3 Å². The molecule has 1 heterocycles. The molecule has 0 saturated carbocycles. The van der Waals surface area contributed by atoms with E-state index in [0.29, 0.717) is 12.1 Å². The average Bonchev–Trinajstić information content (AvgIpc) is 2.73. The van der Waals surface area contributed by atoms with Gasteiger partial charge in [-0.05, 0) is 46.5 Å². The van der Waals surface area contributed by atoms with Crippen molar-refractivity contribution in [3.05, 3.63) is 37.1 Å². The van der Waals surface area contributed by atoms with Gasteiger partial charge in [0.25, 0.3) is 0 Å². The van der Waals surface area contributed by atoms with Gasteiger partial charge in [0, 0.05) is 0 Å². The highest BCUT2D eigenvalue weighted by atomic mass is 127. The normalized spacial score (nSPS) is 12.3. The van der Waals surface area contributed by atoms with E-state index in [1.165, 1.54) is 28.7 Å². The van der Waals surface area contributed by atoms with Crippen molar-refractivity contribution in [2.75, 3.05) is 0 Å². The molecular weight excluding hydrogens is 530 g/mol. The van der Waals surface area contributed by atoms with Crippen molar-refractivity contribution in [1.29, 1.82) is 5.26 Å². The van der Waals surface area contributed by atoms with Crippen molar-refractivity contribution < 1.29 is 26.3 Å². The zero-order chi connectivity index (χ0) is 19.2. The van der Waals surface area contributed by atoms with Crippen LogP contribution in [0, 0.1) is 15.0 Å². The number of rotatable bonds is 2. The Morgan fingerprint density at radius 1 is 1.12 bits per heavy atom. The molecule has 0 saturated heterocycles. The molecule has 1 aromatic carbocycles. The second-order valence-corrected chi connectivity index (χ2v) is 7.24. The first-order chi connectivity index (χ1) is 11.3. The summed E-state index contributed by atoms with van der Waals surface area (Å²) >= 11 is 12.6.